The summed E-state index contributed by atoms with van der Waals surface area (Å²) in [6, 6.07) is 40.0. The van der Waals surface area contributed by atoms with Gasteiger partial charge in [-0.2, -0.15) is 0 Å². The highest BCUT2D eigenvalue weighted by atomic mass is 16.2. The molecule has 5 aromatic carbocycles. The third-order valence-corrected chi connectivity index (χ3v) is 9.64. The van der Waals surface area contributed by atoms with Crippen LogP contribution in [0.1, 0.15) is 45.6 Å². The number of carbonyl (C=O) groups is 3. The molecule has 0 saturated carbocycles. The number of nitrogens with two attached hydrogens (primary N) is 1. The Morgan fingerprint density at radius 1 is 0.780 bits per heavy atom. The van der Waals surface area contributed by atoms with E-state index in [-0.39, 0.29) is 24.3 Å². The van der Waals surface area contributed by atoms with Crippen molar-refractivity contribution in [1.82, 2.24) is 5.32 Å². The molecule has 3 atom stereocenters. The number of nitrogens with one attached hydrogen (secondary N) is 1. The van der Waals surface area contributed by atoms with Gasteiger partial charge in [0.1, 0.15) is 6.04 Å². The lowest BCUT2D eigenvalue weighted by Crippen LogP contribution is -2.54. The third-order valence-electron chi connectivity index (χ3n) is 9.64. The van der Waals surface area contributed by atoms with Crippen molar-refractivity contribution in [2.24, 2.45) is 23.5 Å². The average Bonchev–Trinajstić information content (AvgIpc) is 3.24. The SMILES string of the molecule is CCCC(C(N)=O)C(CC(C)C)C(=O)NC1CN(c2ccccc2)c2ccccc2N(Cc2cccc(-c3ccc4ccccc4c3)c2)C1=O. The third kappa shape index (κ3) is 7.57. The minimum atomic E-state index is -0.886. The van der Waals surface area contributed by atoms with E-state index in [0.717, 1.165) is 40.2 Å². The molecule has 7 nitrogen and oxygen atoms in total. The lowest BCUT2D eigenvalue weighted by Gasteiger charge is -2.30. The van der Waals surface area contributed by atoms with Crippen LogP contribution >= 0.6 is 0 Å². The molecule has 1 heterocycles. The van der Waals surface area contributed by atoms with Gasteiger partial charge in [-0.25, -0.2) is 0 Å². The van der Waals surface area contributed by atoms with Crippen LogP contribution in [0.5, 0.6) is 0 Å². The van der Waals surface area contributed by atoms with E-state index >= 15 is 0 Å². The van der Waals surface area contributed by atoms with Gasteiger partial charge in [0.15, 0.2) is 0 Å². The number of nitrogens with zero attached hydrogens (tertiary/aromatic N) is 2. The van der Waals surface area contributed by atoms with E-state index < -0.39 is 23.8 Å². The van der Waals surface area contributed by atoms with E-state index in [2.05, 4.69) is 52.7 Å². The number of amides is 3. The van der Waals surface area contributed by atoms with E-state index in [4.69, 9.17) is 5.73 Å². The first-order chi connectivity index (χ1) is 24.2. The summed E-state index contributed by atoms with van der Waals surface area (Å²) in [5.74, 6) is -2.10. The summed E-state index contributed by atoms with van der Waals surface area (Å²) in [4.78, 5) is 45.5. The summed E-state index contributed by atoms with van der Waals surface area (Å²) in [6.45, 7) is 6.58. The van der Waals surface area contributed by atoms with E-state index in [1.54, 1.807) is 4.90 Å². The number of carbonyl (C=O) groups excluding carboxylic acids is 3. The maximum Gasteiger partial charge on any atom is 0.251 e. The van der Waals surface area contributed by atoms with Crippen LogP contribution in [0.25, 0.3) is 21.9 Å². The summed E-state index contributed by atoms with van der Waals surface area (Å²) in [7, 11) is 0. The lowest BCUT2D eigenvalue weighted by atomic mass is 9.81. The van der Waals surface area contributed by atoms with Crippen molar-refractivity contribution in [3.05, 3.63) is 127 Å². The highest BCUT2D eigenvalue weighted by Crippen LogP contribution is 2.38. The van der Waals surface area contributed by atoms with E-state index in [1.165, 1.54) is 10.8 Å². The molecule has 50 heavy (non-hydrogen) atoms. The van der Waals surface area contributed by atoms with Gasteiger partial charge in [0.2, 0.25) is 11.8 Å². The van der Waals surface area contributed by atoms with Gasteiger partial charge in [0.05, 0.1) is 24.5 Å². The van der Waals surface area contributed by atoms with Gasteiger partial charge < -0.3 is 20.9 Å². The van der Waals surface area contributed by atoms with Crippen LogP contribution in [0.3, 0.4) is 0 Å². The first-order valence-corrected chi connectivity index (χ1v) is 17.6. The second kappa shape index (κ2) is 15.4. The normalized spacial score (nSPS) is 15.8. The lowest BCUT2D eigenvalue weighted by molar-refractivity contribution is -0.136. The number of primary amides is 1. The molecule has 1 aliphatic heterocycles. The Hall–Kier alpha value is -5.43. The number of fused-ring (bicyclic) bond motifs is 2. The predicted octanol–water partition coefficient (Wildman–Crippen LogP) is 8.24. The monoisotopic (exact) mass is 666 g/mol. The van der Waals surface area contributed by atoms with Gasteiger partial charge in [-0.1, -0.05) is 112 Å². The minimum absolute atomic E-state index is 0.158. The van der Waals surface area contributed by atoms with Gasteiger partial charge in [-0.05, 0) is 82.6 Å². The predicted molar refractivity (Wildman–Crippen MR) is 203 cm³/mol. The van der Waals surface area contributed by atoms with E-state index in [1.807, 2.05) is 99.6 Å². The second-order valence-electron chi connectivity index (χ2n) is 13.7. The highest BCUT2D eigenvalue weighted by molar-refractivity contribution is 6.04. The minimum Gasteiger partial charge on any atom is -0.369 e. The van der Waals surface area contributed by atoms with Gasteiger partial charge in [-0.15, -0.1) is 0 Å². The van der Waals surface area contributed by atoms with Crippen LogP contribution < -0.4 is 20.9 Å². The van der Waals surface area contributed by atoms with Crippen molar-refractivity contribution < 1.29 is 14.4 Å². The van der Waals surface area contributed by atoms with Crippen LogP contribution in [-0.4, -0.2) is 30.3 Å². The number of benzene rings is 5. The highest BCUT2D eigenvalue weighted by Gasteiger charge is 2.39. The summed E-state index contributed by atoms with van der Waals surface area (Å²) in [5.41, 5.74) is 11.5. The van der Waals surface area contributed by atoms with Gasteiger partial charge in [0.25, 0.3) is 5.91 Å². The Morgan fingerprint density at radius 3 is 2.18 bits per heavy atom. The fourth-order valence-electron chi connectivity index (χ4n) is 7.20. The Bertz CT molecular complexity index is 1970. The molecule has 0 spiro atoms. The molecule has 0 bridgehead atoms. The van der Waals surface area contributed by atoms with Crippen molar-refractivity contribution in [3.63, 3.8) is 0 Å². The average molecular weight is 667 g/mol. The standard InChI is InChI=1S/C43H46N4O3/c1-4-13-36(41(44)48)37(24-29(2)3)42(49)45-38-28-46(35-18-6-5-7-19-35)39-20-10-11-21-40(39)47(43(38)50)27-30-14-12-17-32(25-30)34-23-22-31-15-8-9-16-33(31)26-34/h5-12,14-23,25-26,29,36-38H,4,13,24,27-28H2,1-3H3,(H2,44,48)(H,45,49). The number of rotatable bonds is 12. The molecule has 5 aromatic rings. The Labute approximate surface area is 295 Å². The number of anilines is 3. The topological polar surface area (TPSA) is 95.7 Å². The molecule has 0 aromatic heterocycles. The van der Waals surface area contributed by atoms with Crippen LogP contribution in [0.4, 0.5) is 17.1 Å². The molecule has 1 aliphatic rings. The maximum absolute atomic E-state index is 14.8. The summed E-state index contributed by atoms with van der Waals surface area (Å²) >= 11 is 0. The fraction of sp³-hybridized carbons (Fsp3) is 0.279. The Balaban J connectivity index is 1.38. The number of hydrogen-bond donors (Lipinski definition) is 2. The quantitative estimate of drug-likeness (QED) is 0.140. The van der Waals surface area contributed by atoms with Crippen LogP contribution in [0.2, 0.25) is 0 Å². The van der Waals surface area contributed by atoms with Gasteiger partial charge in [0, 0.05) is 17.5 Å². The molecular weight excluding hydrogens is 620 g/mol. The first-order valence-electron chi connectivity index (χ1n) is 17.6. The molecule has 3 unspecified atom stereocenters. The van der Waals surface area contributed by atoms with Crippen molar-refractivity contribution in [2.45, 2.75) is 52.6 Å². The van der Waals surface area contributed by atoms with Crippen molar-refractivity contribution in [2.75, 3.05) is 16.3 Å². The first kappa shape index (κ1) is 34.4. The van der Waals surface area contributed by atoms with Crippen LogP contribution in [-0.2, 0) is 20.9 Å². The van der Waals surface area contributed by atoms with Crippen molar-refractivity contribution in [1.29, 1.82) is 0 Å². The zero-order chi connectivity index (χ0) is 35.2. The largest absolute Gasteiger partial charge is 0.369 e. The molecule has 0 saturated heterocycles. The van der Waals surface area contributed by atoms with Gasteiger partial charge >= 0.3 is 0 Å². The van der Waals surface area contributed by atoms with Crippen molar-refractivity contribution >= 4 is 45.6 Å². The molecular formula is C43H46N4O3. The van der Waals surface area contributed by atoms with Crippen LogP contribution in [0, 0.1) is 17.8 Å². The van der Waals surface area contributed by atoms with Gasteiger partial charge in [-0.3, -0.25) is 14.4 Å². The summed E-state index contributed by atoms with van der Waals surface area (Å²) in [6.07, 6.45) is 1.73. The molecule has 7 heteroatoms. The zero-order valence-corrected chi connectivity index (χ0v) is 29.1. The summed E-state index contributed by atoms with van der Waals surface area (Å²) < 4.78 is 0. The number of para-hydroxylation sites is 3. The van der Waals surface area contributed by atoms with E-state index in [9.17, 15) is 14.4 Å². The molecule has 256 valence electrons. The number of hydrogen-bond acceptors (Lipinski definition) is 4. The molecule has 0 fully saturated rings. The van der Waals surface area contributed by atoms with Crippen molar-refractivity contribution in [3.8, 4) is 11.1 Å². The maximum atomic E-state index is 14.8. The summed E-state index contributed by atoms with van der Waals surface area (Å²) in [5, 5.41) is 5.48. The zero-order valence-electron chi connectivity index (χ0n) is 29.1. The fourth-order valence-corrected chi connectivity index (χ4v) is 7.20. The molecule has 0 aliphatic carbocycles. The molecule has 0 radical (unpaired) electrons. The smallest absolute Gasteiger partial charge is 0.251 e. The Morgan fingerprint density at radius 2 is 1.46 bits per heavy atom. The molecule has 3 N–H and O–H groups in total. The second-order valence-corrected chi connectivity index (χ2v) is 13.7. The molecule has 3 amide bonds. The molecule has 6 rings (SSSR count). The van der Waals surface area contributed by atoms with E-state index in [0.29, 0.717) is 19.4 Å². The van der Waals surface area contributed by atoms with Crippen LogP contribution in [0.15, 0.2) is 121 Å². The Kier molecular flexibility index (Phi) is 10.6.